The van der Waals surface area contributed by atoms with Gasteiger partial charge in [0.05, 0.1) is 12.1 Å². The average Bonchev–Trinajstić information content (AvgIpc) is 3.28. The third kappa shape index (κ3) is 7.71. The van der Waals surface area contributed by atoms with E-state index in [1.165, 1.54) is 15.0 Å². The van der Waals surface area contributed by atoms with E-state index in [4.69, 9.17) is 9.47 Å². The molecule has 45 heavy (non-hydrogen) atoms. The van der Waals surface area contributed by atoms with Gasteiger partial charge in [0.2, 0.25) is 0 Å². The first-order valence-corrected chi connectivity index (χ1v) is 15.3. The lowest BCUT2D eigenvalue weighted by atomic mass is 9.85. The predicted molar refractivity (Wildman–Crippen MR) is 170 cm³/mol. The van der Waals surface area contributed by atoms with Crippen LogP contribution < -0.4 is 10.9 Å². The Morgan fingerprint density at radius 1 is 1.00 bits per heavy atom. The summed E-state index contributed by atoms with van der Waals surface area (Å²) in [5.41, 5.74) is 0.747. The number of nitrogens with one attached hydrogen (secondary N) is 1. The summed E-state index contributed by atoms with van der Waals surface area (Å²) in [6, 6.07) is 11.9. The first-order chi connectivity index (χ1) is 21.2. The van der Waals surface area contributed by atoms with Gasteiger partial charge in [0.1, 0.15) is 22.5 Å². The van der Waals surface area contributed by atoms with Gasteiger partial charge in [-0.3, -0.25) is 18.6 Å². The van der Waals surface area contributed by atoms with Crippen LogP contribution in [0.5, 0.6) is 0 Å². The SMILES string of the molecule is CC(C)(C)OC(=O)N(Cc1cn(C(=O)OC(C)(C)C)c2cc(CNC(=O)c3cc(=O)n4ccccc4n3)ccc12)CC1CCC1. The fraction of sp³-hybridized carbons (Fsp3) is 0.441. The van der Waals surface area contributed by atoms with E-state index in [2.05, 4.69) is 10.3 Å². The summed E-state index contributed by atoms with van der Waals surface area (Å²) in [4.78, 5) is 58.1. The van der Waals surface area contributed by atoms with Gasteiger partial charge >= 0.3 is 12.2 Å². The Bertz CT molecular complexity index is 1810. The molecule has 0 spiro atoms. The van der Waals surface area contributed by atoms with Crippen molar-refractivity contribution in [2.24, 2.45) is 5.92 Å². The molecule has 0 unspecified atom stereocenters. The number of hydrogen-bond donors (Lipinski definition) is 1. The van der Waals surface area contributed by atoms with E-state index in [1.807, 2.05) is 39.0 Å². The molecule has 0 radical (unpaired) electrons. The van der Waals surface area contributed by atoms with Gasteiger partial charge in [-0.15, -0.1) is 0 Å². The van der Waals surface area contributed by atoms with Crippen molar-refractivity contribution in [1.82, 2.24) is 24.2 Å². The quantitative estimate of drug-likeness (QED) is 0.275. The van der Waals surface area contributed by atoms with Crippen LogP contribution in [0, 0.1) is 5.92 Å². The first kappa shape index (κ1) is 31.7. The maximum absolute atomic E-state index is 13.4. The highest BCUT2D eigenvalue weighted by molar-refractivity contribution is 5.94. The standard InChI is InChI=1S/C34H41N5O6/c1-33(2,3)44-31(42)37(19-22-10-9-11-22)20-24-21-39(32(43)45-34(4,5)6)27-16-23(13-14-25(24)27)18-35-30(41)26-17-29(40)38-15-8-7-12-28(38)36-26/h7-8,12-17,21-22H,9-11,18-20H2,1-6H3,(H,35,41). The van der Waals surface area contributed by atoms with Crippen molar-refractivity contribution < 1.29 is 23.9 Å². The Kier molecular flexibility index (Phi) is 8.73. The second kappa shape index (κ2) is 12.4. The number of rotatable bonds is 7. The van der Waals surface area contributed by atoms with Gasteiger partial charge in [-0.05, 0) is 89.6 Å². The average molecular weight is 616 g/mol. The van der Waals surface area contributed by atoms with Gasteiger partial charge < -0.3 is 19.7 Å². The number of hydrogen-bond acceptors (Lipinski definition) is 7. The summed E-state index contributed by atoms with van der Waals surface area (Å²) in [5, 5.41) is 3.60. The summed E-state index contributed by atoms with van der Waals surface area (Å²) < 4.78 is 14.3. The number of fused-ring (bicyclic) bond motifs is 2. The van der Waals surface area contributed by atoms with Gasteiger partial charge in [-0.25, -0.2) is 14.6 Å². The predicted octanol–water partition coefficient (Wildman–Crippen LogP) is 5.90. The Hall–Kier alpha value is -4.67. The second-order valence-corrected chi connectivity index (χ2v) is 13.6. The molecule has 11 nitrogen and oxygen atoms in total. The molecule has 2 amide bonds. The molecule has 1 aromatic carbocycles. The lowest BCUT2D eigenvalue weighted by Gasteiger charge is -2.33. The molecular weight excluding hydrogens is 574 g/mol. The summed E-state index contributed by atoms with van der Waals surface area (Å²) in [6.07, 6.45) is 5.65. The molecule has 4 aromatic rings. The molecule has 5 rings (SSSR count). The van der Waals surface area contributed by atoms with Gasteiger partial charge in [0.25, 0.3) is 11.5 Å². The number of ether oxygens (including phenoxy) is 2. The monoisotopic (exact) mass is 615 g/mol. The van der Waals surface area contributed by atoms with Crippen molar-refractivity contribution >= 4 is 34.6 Å². The summed E-state index contributed by atoms with van der Waals surface area (Å²) in [6.45, 7) is 11.9. The van der Waals surface area contributed by atoms with Gasteiger partial charge in [-0.1, -0.05) is 24.6 Å². The molecule has 1 saturated carbocycles. The minimum Gasteiger partial charge on any atom is -0.444 e. The zero-order valence-corrected chi connectivity index (χ0v) is 26.8. The molecule has 3 heterocycles. The molecule has 1 fully saturated rings. The van der Waals surface area contributed by atoms with Gasteiger partial charge in [0.15, 0.2) is 0 Å². The van der Waals surface area contributed by atoms with Crippen molar-refractivity contribution in [2.75, 3.05) is 6.54 Å². The fourth-order valence-electron chi connectivity index (χ4n) is 5.21. The van der Waals surface area contributed by atoms with Crippen LogP contribution in [0.2, 0.25) is 0 Å². The normalized spacial score (nSPS) is 13.8. The molecule has 1 aliphatic carbocycles. The summed E-state index contributed by atoms with van der Waals surface area (Å²) in [7, 11) is 0. The summed E-state index contributed by atoms with van der Waals surface area (Å²) >= 11 is 0. The molecule has 238 valence electrons. The van der Waals surface area contributed by atoms with E-state index in [9.17, 15) is 19.2 Å². The number of amides is 2. The molecule has 1 N–H and O–H groups in total. The van der Waals surface area contributed by atoms with Crippen molar-refractivity contribution in [3.63, 3.8) is 0 Å². The molecule has 0 bridgehead atoms. The van der Waals surface area contributed by atoms with Crippen LogP contribution >= 0.6 is 0 Å². The van der Waals surface area contributed by atoms with E-state index >= 15 is 0 Å². The largest absolute Gasteiger partial charge is 0.444 e. The minimum absolute atomic E-state index is 0.0143. The molecule has 1 aliphatic rings. The van der Waals surface area contributed by atoms with Crippen LogP contribution in [0.3, 0.4) is 0 Å². The fourth-order valence-corrected chi connectivity index (χ4v) is 5.21. The Balaban J connectivity index is 1.43. The topological polar surface area (TPSA) is 124 Å². The smallest absolute Gasteiger partial charge is 0.419 e. The van der Waals surface area contributed by atoms with Crippen LogP contribution in [-0.2, 0) is 22.6 Å². The minimum atomic E-state index is -0.724. The molecular formula is C34H41N5O6. The maximum Gasteiger partial charge on any atom is 0.419 e. The van der Waals surface area contributed by atoms with E-state index in [1.54, 1.807) is 56.3 Å². The van der Waals surface area contributed by atoms with Gasteiger partial charge in [0, 0.05) is 36.9 Å². The first-order valence-electron chi connectivity index (χ1n) is 15.3. The lowest BCUT2D eigenvalue weighted by Crippen LogP contribution is -2.40. The summed E-state index contributed by atoms with van der Waals surface area (Å²) in [5.74, 6) is -0.0777. The molecule has 0 atom stereocenters. The number of nitrogens with zero attached hydrogens (tertiary/aromatic N) is 4. The van der Waals surface area contributed by atoms with E-state index in [0.717, 1.165) is 35.8 Å². The van der Waals surface area contributed by atoms with E-state index in [-0.39, 0.29) is 24.3 Å². The number of aromatic nitrogens is 3. The molecule has 3 aromatic heterocycles. The zero-order valence-electron chi connectivity index (χ0n) is 26.8. The highest BCUT2D eigenvalue weighted by atomic mass is 16.6. The molecule has 0 aliphatic heterocycles. The molecule has 0 saturated heterocycles. The van der Waals surface area contributed by atoms with Crippen LogP contribution in [0.15, 0.2) is 59.7 Å². The number of pyridine rings is 1. The Labute approximate surface area is 262 Å². The number of benzene rings is 1. The highest BCUT2D eigenvalue weighted by Gasteiger charge is 2.29. The lowest BCUT2D eigenvalue weighted by molar-refractivity contribution is 0.0174. The van der Waals surface area contributed by atoms with Crippen LogP contribution in [-0.4, -0.2) is 54.7 Å². The highest BCUT2D eigenvalue weighted by Crippen LogP contribution is 2.30. The van der Waals surface area contributed by atoms with Crippen LogP contribution in [0.4, 0.5) is 9.59 Å². The van der Waals surface area contributed by atoms with Crippen molar-refractivity contribution in [1.29, 1.82) is 0 Å². The van der Waals surface area contributed by atoms with Crippen molar-refractivity contribution in [3.8, 4) is 0 Å². The number of carbonyl (C=O) groups is 3. The van der Waals surface area contributed by atoms with Crippen LogP contribution in [0.25, 0.3) is 16.6 Å². The van der Waals surface area contributed by atoms with Crippen molar-refractivity contribution in [2.45, 2.75) is 85.1 Å². The second-order valence-electron chi connectivity index (χ2n) is 13.6. The third-order valence-electron chi connectivity index (χ3n) is 7.52. The number of carbonyl (C=O) groups excluding carboxylic acids is 3. The Morgan fingerprint density at radius 3 is 2.40 bits per heavy atom. The van der Waals surface area contributed by atoms with Crippen molar-refractivity contribution in [3.05, 3.63) is 82.0 Å². The van der Waals surface area contributed by atoms with E-state index in [0.29, 0.717) is 23.6 Å². The Morgan fingerprint density at radius 2 is 1.73 bits per heavy atom. The maximum atomic E-state index is 13.4. The molecule has 11 heteroatoms. The third-order valence-corrected chi connectivity index (χ3v) is 7.52. The zero-order chi connectivity index (χ0) is 32.5. The van der Waals surface area contributed by atoms with Gasteiger partial charge in [-0.2, -0.15) is 0 Å². The van der Waals surface area contributed by atoms with Crippen LogP contribution in [0.1, 0.15) is 82.4 Å². The van der Waals surface area contributed by atoms with E-state index < -0.39 is 29.3 Å².